The second-order valence-electron chi connectivity index (χ2n) is 4.87. The molecular formula is C16H18O3. The lowest BCUT2D eigenvalue weighted by atomic mass is 9.82. The van der Waals surface area contributed by atoms with Crippen molar-refractivity contribution in [3.63, 3.8) is 0 Å². The van der Waals surface area contributed by atoms with E-state index in [4.69, 9.17) is 4.74 Å². The third-order valence-corrected chi connectivity index (χ3v) is 3.44. The molecule has 0 aliphatic heterocycles. The lowest BCUT2D eigenvalue weighted by molar-refractivity contribution is -0.105. The Kier molecular flexibility index (Phi) is 4.05. The van der Waals surface area contributed by atoms with E-state index in [1.807, 2.05) is 6.07 Å². The minimum atomic E-state index is 0.170. The van der Waals surface area contributed by atoms with Gasteiger partial charge in [0.05, 0.1) is 0 Å². The van der Waals surface area contributed by atoms with Gasteiger partial charge < -0.3 is 9.84 Å². The van der Waals surface area contributed by atoms with Crippen LogP contribution in [0.25, 0.3) is 5.76 Å². The highest BCUT2D eigenvalue weighted by atomic mass is 16.5. The number of aromatic hydroxyl groups is 1. The van der Waals surface area contributed by atoms with Crippen molar-refractivity contribution in [2.24, 2.45) is 5.92 Å². The molecule has 1 saturated carbocycles. The molecule has 0 aromatic heterocycles. The predicted molar refractivity (Wildman–Crippen MR) is 74.3 cm³/mol. The van der Waals surface area contributed by atoms with E-state index >= 15 is 0 Å². The molecule has 0 radical (unpaired) electrons. The monoisotopic (exact) mass is 258 g/mol. The van der Waals surface area contributed by atoms with Gasteiger partial charge in [0, 0.05) is 17.1 Å². The van der Waals surface area contributed by atoms with Crippen molar-refractivity contribution in [1.29, 1.82) is 0 Å². The van der Waals surface area contributed by atoms with Gasteiger partial charge >= 0.3 is 0 Å². The highest BCUT2D eigenvalue weighted by Gasteiger charge is 2.26. The fourth-order valence-electron chi connectivity index (χ4n) is 2.09. The Morgan fingerprint density at radius 1 is 1.47 bits per heavy atom. The molecule has 1 fully saturated rings. The zero-order valence-electron chi connectivity index (χ0n) is 11.1. The van der Waals surface area contributed by atoms with Gasteiger partial charge in [-0.1, -0.05) is 25.1 Å². The zero-order valence-corrected chi connectivity index (χ0v) is 11.1. The number of phenolic OH excluding ortho intramolecular Hbond substituents is 1. The summed E-state index contributed by atoms with van der Waals surface area (Å²) in [6, 6.07) is 6.74. The minimum absolute atomic E-state index is 0.170. The molecule has 0 saturated heterocycles. The normalized spacial score (nSPS) is 16.3. The molecule has 2 rings (SSSR count). The number of ether oxygens (including phenoxy) is 1. The van der Waals surface area contributed by atoms with Crippen LogP contribution in [0.15, 0.2) is 42.2 Å². The second-order valence-corrected chi connectivity index (χ2v) is 4.87. The first-order valence-corrected chi connectivity index (χ1v) is 6.44. The molecule has 0 unspecified atom stereocenters. The maximum absolute atomic E-state index is 11.0. The first-order chi connectivity index (χ1) is 9.11. The van der Waals surface area contributed by atoms with Crippen molar-refractivity contribution in [2.75, 3.05) is 0 Å². The van der Waals surface area contributed by atoms with Crippen molar-refractivity contribution >= 4 is 12.0 Å². The van der Waals surface area contributed by atoms with E-state index in [1.54, 1.807) is 25.1 Å². The number of hydrogen-bond donors (Lipinski definition) is 1. The first-order valence-electron chi connectivity index (χ1n) is 6.44. The quantitative estimate of drug-likeness (QED) is 0.498. The van der Waals surface area contributed by atoms with Gasteiger partial charge in [-0.3, -0.25) is 4.79 Å². The topological polar surface area (TPSA) is 46.5 Å². The largest absolute Gasteiger partial charge is 0.508 e. The summed E-state index contributed by atoms with van der Waals surface area (Å²) in [5.74, 6) is 1.66. The predicted octanol–water partition coefficient (Wildman–Crippen LogP) is 3.65. The zero-order chi connectivity index (χ0) is 13.8. The number of allylic oxidation sites excluding steroid dienone is 2. The van der Waals surface area contributed by atoms with Crippen molar-refractivity contribution in [3.8, 4) is 5.75 Å². The van der Waals surface area contributed by atoms with Crippen LogP contribution in [-0.4, -0.2) is 11.4 Å². The number of hydrogen-bond acceptors (Lipinski definition) is 3. The van der Waals surface area contributed by atoms with E-state index in [0.717, 1.165) is 30.5 Å². The van der Waals surface area contributed by atoms with E-state index < -0.39 is 0 Å². The molecule has 0 atom stereocenters. The standard InChI is InChI=1S/C16H18O3/c1-11(10-17)16(13-5-3-6-13)19-12(2)14-7-4-8-15(18)9-14/h4,7-10,13,18H,2-3,5-6H2,1H3/b16-11+. The number of aldehydes is 1. The van der Waals surface area contributed by atoms with Crippen molar-refractivity contribution < 1.29 is 14.6 Å². The van der Waals surface area contributed by atoms with Gasteiger partial charge in [-0.25, -0.2) is 0 Å². The molecule has 1 N–H and O–H groups in total. The third kappa shape index (κ3) is 3.05. The van der Waals surface area contributed by atoms with Gasteiger partial charge in [-0.05, 0) is 31.9 Å². The fourth-order valence-corrected chi connectivity index (χ4v) is 2.09. The van der Waals surface area contributed by atoms with Gasteiger partial charge in [0.25, 0.3) is 0 Å². The van der Waals surface area contributed by atoms with Crippen LogP contribution in [0.2, 0.25) is 0 Å². The van der Waals surface area contributed by atoms with Gasteiger partial charge in [0.15, 0.2) is 0 Å². The summed E-state index contributed by atoms with van der Waals surface area (Å²) in [6.45, 7) is 5.64. The van der Waals surface area contributed by atoms with Crippen molar-refractivity contribution in [2.45, 2.75) is 26.2 Å². The molecule has 19 heavy (non-hydrogen) atoms. The number of carbonyl (C=O) groups excluding carboxylic acids is 1. The minimum Gasteiger partial charge on any atom is -0.508 e. The van der Waals surface area contributed by atoms with Crippen LogP contribution >= 0.6 is 0 Å². The van der Waals surface area contributed by atoms with Crippen LogP contribution in [0.3, 0.4) is 0 Å². The van der Waals surface area contributed by atoms with Gasteiger partial charge in [0.2, 0.25) is 0 Å². The molecule has 100 valence electrons. The van der Waals surface area contributed by atoms with E-state index in [9.17, 15) is 9.90 Å². The molecule has 1 aliphatic rings. The van der Waals surface area contributed by atoms with Crippen LogP contribution in [-0.2, 0) is 9.53 Å². The Morgan fingerprint density at radius 3 is 2.74 bits per heavy atom. The maximum Gasteiger partial charge on any atom is 0.149 e. The van der Waals surface area contributed by atoms with Gasteiger partial charge in [-0.2, -0.15) is 0 Å². The molecule has 0 spiro atoms. The fraction of sp³-hybridized carbons (Fsp3) is 0.312. The Balaban J connectivity index is 2.18. The lowest BCUT2D eigenvalue weighted by Gasteiger charge is -2.29. The molecule has 1 aromatic carbocycles. The summed E-state index contributed by atoms with van der Waals surface area (Å²) in [6.07, 6.45) is 4.09. The number of phenols is 1. The van der Waals surface area contributed by atoms with E-state index in [1.165, 1.54) is 6.42 Å². The molecule has 0 heterocycles. The number of carbonyl (C=O) groups is 1. The molecule has 0 amide bonds. The maximum atomic E-state index is 11.0. The van der Waals surface area contributed by atoms with E-state index in [-0.39, 0.29) is 5.75 Å². The second kappa shape index (κ2) is 5.74. The average molecular weight is 258 g/mol. The molecule has 0 bridgehead atoms. The summed E-state index contributed by atoms with van der Waals surface area (Å²) < 4.78 is 5.79. The van der Waals surface area contributed by atoms with Crippen LogP contribution in [0, 0.1) is 5.92 Å². The van der Waals surface area contributed by atoms with E-state index in [2.05, 4.69) is 6.58 Å². The van der Waals surface area contributed by atoms with Gasteiger partial charge in [-0.15, -0.1) is 0 Å². The molecule has 1 aromatic rings. The summed E-state index contributed by atoms with van der Waals surface area (Å²) in [7, 11) is 0. The Morgan fingerprint density at radius 2 is 2.21 bits per heavy atom. The summed E-state index contributed by atoms with van der Waals surface area (Å²) in [4.78, 5) is 11.0. The highest BCUT2D eigenvalue weighted by Crippen LogP contribution is 2.37. The number of rotatable bonds is 5. The smallest absolute Gasteiger partial charge is 0.149 e. The highest BCUT2D eigenvalue weighted by molar-refractivity contribution is 5.74. The van der Waals surface area contributed by atoms with Crippen molar-refractivity contribution in [3.05, 3.63) is 47.7 Å². The summed E-state index contributed by atoms with van der Waals surface area (Å²) in [5.41, 5.74) is 1.33. The van der Waals surface area contributed by atoms with Crippen LogP contribution in [0.5, 0.6) is 5.75 Å². The molecular weight excluding hydrogens is 240 g/mol. The average Bonchev–Trinajstić information content (AvgIpc) is 2.34. The van der Waals surface area contributed by atoms with Crippen LogP contribution < -0.4 is 0 Å². The molecule has 1 aliphatic carbocycles. The van der Waals surface area contributed by atoms with Gasteiger partial charge in [0.1, 0.15) is 23.6 Å². The van der Waals surface area contributed by atoms with Crippen molar-refractivity contribution in [1.82, 2.24) is 0 Å². The summed E-state index contributed by atoms with van der Waals surface area (Å²) >= 11 is 0. The van der Waals surface area contributed by atoms with Crippen LogP contribution in [0.4, 0.5) is 0 Å². The van der Waals surface area contributed by atoms with E-state index in [0.29, 0.717) is 17.3 Å². The Labute approximate surface area is 113 Å². The first kappa shape index (κ1) is 13.4. The van der Waals surface area contributed by atoms with Crippen LogP contribution in [0.1, 0.15) is 31.7 Å². The third-order valence-electron chi connectivity index (χ3n) is 3.44. The molecule has 3 nitrogen and oxygen atoms in total. The number of benzene rings is 1. The Bertz CT molecular complexity index is 525. The SMILES string of the molecule is C=C(O/C(=C(\C)C=O)C1CCC1)c1cccc(O)c1. The molecule has 3 heteroatoms. The lowest BCUT2D eigenvalue weighted by Crippen LogP contribution is -2.17. The summed E-state index contributed by atoms with van der Waals surface area (Å²) in [5, 5.41) is 9.45. The Hall–Kier alpha value is -2.03.